The predicted molar refractivity (Wildman–Crippen MR) is 99.6 cm³/mol. The third kappa shape index (κ3) is 2.50. The number of aliphatic hydroxyl groups is 2. The van der Waals surface area contributed by atoms with Gasteiger partial charge in [0.2, 0.25) is 0 Å². The van der Waals surface area contributed by atoms with Gasteiger partial charge >= 0.3 is 5.97 Å². The highest BCUT2D eigenvalue weighted by atomic mass is 16.6. The maximum absolute atomic E-state index is 12.6. The van der Waals surface area contributed by atoms with E-state index >= 15 is 0 Å². The Hall–Kier alpha value is -0.940. The molecule has 0 bridgehead atoms. The highest BCUT2D eigenvalue weighted by Crippen LogP contribution is 2.66. The molecule has 0 radical (unpaired) electrons. The van der Waals surface area contributed by atoms with Gasteiger partial charge in [-0.15, -0.1) is 0 Å². The first-order valence-electron chi connectivity index (χ1n) is 10.7. The van der Waals surface area contributed by atoms with E-state index in [4.69, 9.17) is 4.74 Å². The molecule has 0 saturated heterocycles. The summed E-state index contributed by atoms with van der Waals surface area (Å²) in [6, 6.07) is 0. The fourth-order valence-corrected chi connectivity index (χ4v) is 7.91. The van der Waals surface area contributed by atoms with E-state index in [-0.39, 0.29) is 22.7 Å². The van der Waals surface area contributed by atoms with E-state index in [1.54, 1.807) is 0 Å². The van der Waals surface area contributed by atoms with Crippen molar-refractivity contribution in [1.82, 2.24) is 0 Å². The number of ether oxygens (including phenoxy) is 1. The van der Waals surface area contributed by atoms with Crippen molar-refractivity contribution in [3.63, 3.8) is 0 Å². The fraction of sp³-hybridized carbons (Fsp3) is 0.909. The van der Waals surface area contributed by atoms with Crippen LogP contribution in [0.15, 0.2) is 0 Å². The van der Waals surface area contributed by atoms with Crippen molar-refractivity contribution in [1.29, 1.82) is 0 Å². The smallest absolute Gasteiger partial charge is 0.303 e. The van der Waals surface area contributed by atoms with Crippen LogP contribution in [-0.4, -0.2) is 40.3 Å². The average molecular weight is 379 g/mol. The summed E-state index contributed by atoms with van der Waals surface area (Å²) in [5.41, 5.74) is -0.556. The first kappa shape index (κ1) is 19.4. The minimum atomic E-state index is -1.05. The first-order chi connectivity index (χ1) is 12.6. The standard InChI is InChI=1S/C22H34O5/c1-11-14-6-5-13-15-7-8-17(24)21(15,3)10-9-16(13)22(14,4)20(27-12(2)23)19(26)18(11)25/h11,13-16,18-20,25-26H,5-10H2,1-4H3/t11-,13-,14-,15-,16-,18+,19+,20-,21-,22-/m0/s1. The molecule has 0 aromatic carbocycles. The third-order valence-corrected chi connectivity index (χ3v) is 9.29. The van der Waals surface area contributed by atoms with Crippen molar-refractivity contribution in [3.05, 3.63) is 0 Å². The molecule has 0 aliphatic heterocycles. The number of carbonyl (C=O) groups excluding carboxylic acids is 2. The number of carbonyl (C=O) groups is 2. The van der Waals surface area contributed by atoms with Gasteiger partial charge in [-0.3, -0.25) is 9.59 Å². The number of ketones is 1. The summed E-state index contributed by atoms with van der Waals surface area (Å²) >= 11 is 0. The Labute approximate surface area is 161 Å². The van der Waals surface area contributed by atoms with Gasteiger partial charge in [-0.1, -0.05) is 20.8 Å². The van der Waals surface area contributed by atoms with Crippen LogP contribution in [-0.2, 0) is 14.3 Å². The SMILES string of the molecule is CC(=O)O[C@H]1[C@H](O)[C@H](O)[C@@H](C)[C@@H]2CC[C@@H]3[C@H](CC[C@]4(C)C(=O)CC[C@@H]34)[C@]21C. The molecule has 0 aromatic heterocycles. The molecule has 0 heterocycles. The second kappa shape index (κ2) is 6.28. The maximum atomic E-state index is 12.6. The van der Waals surface area contributed by atoms with Crippen LogP contribution in [0.2, 0.25) is 0 Å². The number of esters is 1. The first-order valence-corrected chi connectivity index (χ1v) is 10.7. The Kier molecular flexibility index (Phi) is 4.51. The summed E-state index contributed by atoms with van der Waals surface area (Å²) in [4.78, 5) is 24.4. The lowest BCUT2D eigenvalue weighted by Gasteiger charge is -2.64. The van der Waals surface area contributed by atoms with Crippen LogP contribution in [0.3, 0.4) is 0 Å². The van der Waals surface area contributed by atoms with Crippen molar-refractivity contribution in [2.24, 2.45) is 40.4 Å². The van der Waals surface area contributed by atoms with Crippen molar-refractivity contribution in [3.8, 4) is 0 Å². The van der Waals surface area contributed by atoms with Crippen LogP contribution in [0.25, 0.3) is 0 Å². The minimum Gasteiger partial charge on any atom is -0.459 e. The van der Waals surface area contributed by atoms with E-state index < -0.39 is 24.3 Å². The van der Waals surface area contributed by atoms with Gasteiger partial charge in [0.05, 0.1) is 6.10 Å². The van der Waals surface area contributed by atoms with Crippen molar-refractivity contribution >= 4 is 11.8 Å². The summed E-state index contributed by atoms with van der Waals surface area (Å²) in [7, 11) is 0. The number of hydrogen-bond acceptors (Lipinski definition) is 5. The van der Waals surface area contributed by atoms with Crippen LogP contribution in [0.5, 0.6) is 0 Å². The molecular formula is C22H34O5. The topological polar surface area (TPSA) is 83.8 Å². The monoisotopic (exact) mass is 378 g/mol. The number of Topliss-reactive ketones (excluding diaryl/α,β-unsaturated/α-hetero) is 1. The molecule has 0 amide bonds. The zero-order valence-electron chi connectivity index (χ0n) is 17.0. The Bertz CT molecular complexity index is 647. The molecule has 4 aliphatic rings. The molecule has 0 aromatic rings. The molecule has 0 unspecified atom stereocenters. The van der Waals surface area contributed by atoms with Gasteiger partial charge < -0.3 is 14.9 Å². The summed E-state index contributed by atoms with van der Waals surface area (Å²) in [6.45, 7) is 7.73. The van der Waals surface area contributed by atoms with E-state index in [0.29, 0.717) is 30.0 Å². The van der Waals surface area contributed by atoms with Crippen LogP contribution in [0, 0.1) is 40.4 Å². The van der Waals surface area contributed by atoms with Gasteiger partial charge in [0, 0.05) is 24.2 Å². The Morgan fingerprint density at radius 3 is 2.41 bits per heavy atom. The number of fused-ring (bicyclic) bond motifs is 5. The molecule has 10 atom stereocenters. The van der Waals surface area contributed by atoms with Gasteiger partial charge in [0.1, 0.15) is 18.0 Å². The molecule has 4 fully saturated rings. The molecule has 152 valence electrons. The highest BCUT2D eigenvalue weighted by Gasteiger charge is 2.66. The molecule has 2 N–H and O–H groups in total. The molecule has 4 aliphatic carbocycles. The van der Waals surface area contributed by atoms with Crippen LogP contribution >= 0.6 is 0 Å². The second-order valence-electron chi connectivity index (χ2n) is 10.2. The molecule has 5 nitrogen and oxygen atoms in total. The summed E-state index contributed by atoms with van der Waals surface area (Å²) in [5, 5.41) is 21.5. The summed E-state index contributed by atoms with van der Waals surface area (Å²) in [5.74, 6) is 1.35. The molecular weight excluding hydrogens is 344 g/mol. The van der Waals surface area contributed by atoms with Gasteiger partial charge in [-0.25, -0.2) is 0 Å². The lowest BCUT2D eigenvalue weighted by Crippen LogP contribution is -2.67. The van der Waals surface area contributed by atoms with Gasteiger partial charge in [-0.05, 0) is 61.7 Å². The predicted octanol–water partition coefficient (Wildman–Crippen LogP) is 2.72. The molecule has 5 heteroatoms. The van der Waals surface area contributed by atoms with Crippen LogP contribution in [0.1, 0.15) is 66.2 Å². The van der Waals surface area contributed by atoms with E-state index in [9.17, 15) is 19.8 Å². The summed E-state index contributed by atoms with van der Waals surface area (Å²) < 4.78 is 5.69. The maximum Gasteiger partial charge on any atom is 0.303 e. The van der Waals surface area contributed by atoms with Gasteiger partial charge in [-0.2, -0.15) is 0 Å². The molecule has 4 saturated carbocycles. The Morgan fingerprint density at radius 2 is 1.74 bits per heavy atom. The van der Waals surface area contributed by atoms with E-state index in [1.165, 1.54) is 6.92 Å². The van der Waals surface area contributed by atoms with E-state index in [0.717, 1.165) is 32.1 Å². The Balaban J connectivity index is 1.74. The lowest BCUT2D eigenvalue weighted by atomic mass is 9.42. The van der Waals surface area contributed by atoms with E-state index in [2.05, 4.69) is 13.8 Å². The minimum absolute atomic E-state index is 0.0312. The molecule has 27 heavy (non-hydrogen) atoms. The van der Waals surface area contributed by atoms with Crippen molar-refractivity contribution in [2.45, 2.75) is 84.5 Å². The molecule has 4 rings (SSSR count). The normalized spacial score (nSPS) is 54.7. The highest BCUT2D eigenvalue weighted by molar-refractivity contribution is 5.87. The number of aliphatic hydroxyl groups excluding tert-OH is 2. The van der Waals surface area contributed by atoms with Crippen molar-refractivity contribution in [2.75, 3.05) is 0 Å². The average Bonchev–Trinajstić information content (AvgIpc) is 2.92. The quantitative estimate of drug-likeness (QED) is 0.686. The van der Waals surface area contributed by atoms with Crippen LogP contribution in [0.4, 0.5) is 0 Å². The Morgan fingerprint density at radius 1 is 1.04 bits per heavy atom. The van der Waals surface area contributed by atoms with Gasteiger partial charge in [0.15, 0.2) is 0 Å². The molecule has 0 spiro atoms. The lowest BCUT2D eigenvalue weighted by molar-refractivity contribution is -0.248. The number of hydrogen-bond donors (Lipinski definition) is 2. The second-order valence-corrected chi connectivity index (χ2v) is 10.2. The summed E-state index contributed by atoms with van der Waals surface area (Å²) in [6.07, 6.45) is 2.91. The largest absolute Gasteiger partial charge is 0.459 e. The van der Waals surface area contributed by atoms with E-state index in [1.807, 2.05) is 6.92 Å². The third-order valence-electron chi connectivity index (χ3n) is 9.29. The zero-order valence-corrected chi connectivity index (χ0v) is 17.0. The zero-order chi connectivity index (χ0) is 19.7. The van der Waals surface area contributed by atoms with Crippen LogP contribution < -0.4 is 0 Å². The van der Waals surface area contributed by atoms with Gasteiger partial charge in [0.25, 0.3) is 0 Å². The van der Waals surface area contributed by atoms with Crippen molar-refractivity contribution < 1.29 is 24.5 Å². The number of rotatable bonds is 1. The fourth-order valence-electron chi connectivity index (χ4n) is 7.91.